The maximum Gasteiger partial charge on any atom is 0.306 e. The zero-order valence-corrected chi connectivity index (χ0v) is 37.6. The number of hydrogen-bond donors (Lipinski definition) is 0. The van der Waals surface area contributed by atoms with Gasteiger partial charge in [0.1, 0.15) is 13.2 Å². The molecule has 0 aromatic heterocycles. The molecule has 1 atom stereocenters. The third kappa shape index (κ3) is 44.3. The van der Waals surface area contributed by atoms with Gasteiger partial charge in [-0.1, -0.05) is 185 Å². The fourth-order valence-electron chi connectivity index (χ4n) is 6.62. The molecule has 0 radical (unpaired) electrons. The van der Waals surface area contributed by atoms with Crippen LogP contribution >= 0.6 is 0 Å². The number of unbranched alkanes of at least 4 members (excludes halogenated alkanes) is 24. The summed E-state index contributed by atoms with van der Waals surface area (Å²) in [5.41, 5.74) is 0. The first-order valence-electron chi connectivity index (χ1n) is 24.1. The number of esters is 3. The van der Waals surface area contributed by atoms with E-state index in [9.17, 15) is 14.4 Å². The Hall–Kier alpha value is -2.63. The Morgan fingerprint density at radius 2 is 0.632 bits per heavy atom. The summed E-state index contributed by atoms with van der Waals surface area (Å²) in [5.74, 6) is -0.907. The lowest BCUT2D eigenvalue weighted by Gasteiger charge is -2.18. The Balaban J connectivity index is 4.22. The Labute approximate surface area is 352 Å². The number of allylic oxidation sites excluding steroid dienone is 8. The number of ether oxygens (including phenoxy) is 3. The van der Waals surface area contributed by atoms with E-state index in [1.165, 1.54) is 109 Å². The lowest BCUT2D eigenvalue weighted by atomic mass is 10.1. The van der Waals surface area contributed by atoms with Crippen LogP contribution in [-0.2, 0) is 28.6 Å². The molecule has 0 aliphatic rings. The summed E-state index contributed by atoms with van der Waals surface area (Å²) in [7, 11) is 0. The van der Waals surface area contributed by atoms with Crippen LogP contribution in [0.4, 0.5) is 0 Å². The molecule has 0 spiro atoms. The molecule has 0 aliphatic carbocycles. The smallest absolute Gasteiger partial charge is 0.306 e. The topological polar surface area (TPSA) is 78.9 Å². The molecule has 6 heteroatoms. The minimum atomic E-state index is -0.775. The molecule has 330 valence electrons. The van der Waals surface area contributed by atoms with Crippen molar-refractivity contribution in [3.8, 4) is 0 Å². The summed E-state index contributed by atoms with van der Waals surface area (Å²) in [6.45, 7) is 6.49. The van der Waals surface area contributed by atoms with E-state index < -0.39 is 6.10 Å². The lowest BCUT2D eigenvalue weighted by molar-refractivity contribution is -0.167. The van der Waals surface area contributed by atoms with E-state index in [4.69, 9.17) is 14.2 Å². The highest BCUT2D eigenvalue weighted by atomic mass is 16.6. The standard InChI is InChI=1S/C51H90O6/c1-4-7-10-13-15-17-19-21-23-25-27-29-31-33-35-38-41-44-50(53)56-47-48(46-55-49(52)43-40-37-12-9-6-3)57-51(54)45-42-39-36-34-32-30-28-26-24-22-20-18-16-14-11-8-5-2/h15-18,21-24,48H,4-14,19-20,25-47H2,1-3H3/b17-15-,18-16-,23-21-,24-22-. The van der Waals surface area contributed by atoms with Crippen LogP contribution < -0.4 is 0 Å². The van der Waals surface area contributed by atoms with Gasteiger partial charge in [0, 0.05) is 19.3 Å². The van der Waals surface area contributed by atoms with E-state index in [2.05, 4.69) is 69.4 Å². The summed E-state index contributed by atoms with van der Waals surface area (Å²) >= 11 is 0. The molecule has 0 bridgehead atoms. The summed E-state index contributed by atoms with van der Waals surface area (Å²) < 4.78 is 16.6. The van der Waals surface area contributed by atoms with Crippen LogP contribution in [0, 0.1) is 0 Å². The van der Waals surface area contributed by atoms with Gasteiger partial charge in [-0.2, -0.15) is 0 Å². The first-order valence-corrected chi connectivity index (χ1v) is 24.1. The molecule has 0 amide bonds. The van der Waals surface area contributed by atoms with Crippen LogP contribution in [0.25, 0.3) is 0 Å². The Morgan fingerprint density at radius 1 is 0.351 bits per heavy atom. The molecule has 1 unspecified atom stereocenters. The Bertz CT molecular complexity index is 1010. The van der Waals surface area contributed by atoms with E-state index in [1.807, 2.05) is 0 Å². The average Bonchev–Trinajstić information content (AvgIpc) is 3.21. The SMILES string of the molecule is CCCCC/C=C\C/C=C\CCCCCCCCCC(=O)OCC(COC(=O)CCCCCCC)OC(=O)CCCCCCCCC/C=C\C/C=C\CCCCC. The number of carbonyl (C=O) groups is 3. The second-order valence-corrected chi connectivity index (χ2v) is 16.0. The van der Waals surface area contributed by atoms with Crippen LogP contribution in [-0.4, -0.2) is 37.2 Å². The molecule has 6 nitrogen and oxygen atoms in total. The van der Waals surface area contributed by atoms with Gasteiger partial charge in [-0.15, -0.1) is 0 Å². The monoisotopic (exact) mass is 799 g/mol. The quantitative estimate of drug-likeness (QED) is 0.0265. The fraction of sp³-hybridized carbons (Fsp3) is 0.784. The number of rotatable bonds is 43. The minimum Gasteiger partial charge on any atom is -0.462 e. The van der Waals surface area contributed by atoms with Gasteiger partial charge in [0.15, 0.2) is 6.10 Å². The van der Waals surface area contributed by atoms with Gasteiger partial charge >= 0.3 is 17.9 Å². The highest BCUT2D eigenvalue weighted by Crippen LogP contribution is 2.14. The summed E-state index contributed by atoms with van der Waals surface area (Å²) in [4.78, 5) is 37.6. The molecular formula is C51H90O6. The second-order valence-electron chi connectivity index (χ2n) is 16.0. The molecular weight excluding hydrogens is 709 g/mol. The van der Waals surface area contributed by atoms with Gasteiger partial charge < -0.3 is 14.2 Å². The van der Waals surface area contributed by atoms with Crippen molar-refractivity contribution in [2.75, 3.05) is 13.2 Å². The van der Waals surface area contributed by atoms with Gasteiger partial charge in [-0.05, 0) is 83.5 Å². The van der Waals surface area contributed by atoms with Crippen molar-refractivity contribution in [1.29, 1.82) is 0 Å². The molecule has 0 aromatic rings. The van der Waals surface area contributed by atoms with Crippen LogP contribution in [0.15, 0.2) is 48.6 Å². The van der Waals surface area contributed by atoms with E-state index in [1.54, 1.807) is 0 Å². The molecule has 0 N–H and O–H groups in total. The first kappa shape index (κ1) is 54.4. The molecule has 0 fully saturated rings. The van der Waals surface area contributed by atoms with Crippen LogP contribution in [0.3, 0.4) is 0 Å². The maximum absolute atomic E-state index is 12.7. The van der Waals surface area contributed by atoms with Crippen LogP contribution in [0.5, 0.6) is 0 Å². The normalized spacial score (nSPS) is 12.4. The Morgan fingerprint density at radius 3 is 1.00 bits per heavy atom. The van der Waals surface area contributed by atoms with Crippen molar-refractivity contribution in [3.05, 3.63) is 48.6 Å². The first-order chi connectivity index (χ1) is 28.0. The van der Waals surface area contributed by atoms with Crippen molar-refractivity contribution in [1.82, 2.24) is 0 Å². The average molecular weight is 799 g/mol. The van der Waals surface area contributed by atoms with Crippen molar-refractivity contribution in [2.24, 2.45) is 0 Å². The van der Waals surface area contributed by atoms with Gasteiger partial charge in [0.2, 0.25) is 0 Å². The Kier molecular flexibility index (Phi) is 43.9. The summed E-state index contributed by atoms with van der Waals surface area (Å²) in [6.07, 6.45) is 54.0. The molecule has 0 aromatic carbocycles. The number of carbonyl (C=O) groups excluding carboxylic acids is 3. The zero-order chi connectivity index (χ0) is 41.5. The molecule has 0 saturated heterocycles. The molecule has 0 rings (SSSR count). The van der Waals surface area contributed by atoms with Gasteiger partial charge in [-0.25, -0.2) is 0 Å². The van der Waals surface area contributed by atoms with E-state index in [0.29, 0.717) is 19.3 Å². The van der Waals surface area contributed by atoms with Gasteiger partial charge in [0.25, 0.3) is 0 Å². The molecule has 0 heterocycles. The van der Waals surface area contributed by atoms with Crippen LogP contribution in [0.2, 0.25) is 0 Å². The fourth-order valence-corrected chi connectivity index (χ4v) is 6.62. The van der Waals surface area contributed by atoms with Crippen molar-refractivity contribution < 1.29 is 28.6 Å². The van der Waals surface area contributed by atoms with Gasteiger partial charge in [-0.3, -0.25) is 14.4 Å². The van der Waals surface area contributed by atoms with E-state index in [0.717, 1.165) is 89.9 Å². The molecule has 0 aliphatic heterocycles. The van der Waals surface area contributed by atoms with Gasteiger partial charge in [0.05, 0.1) is 0 Å². The molecule has 57 heavy (non-hydrogen) atoms. The predicted molar refractivity (Wildman–Crippen MR) is 242 cm³/mol. The zero-order valence-electron chi connectivity index (χ0n) is 37.6. The largest absolute Gasteiger partial charge is 0.462 e. The lowest BCUT2D eigenvalue weighted by Crippen LogP contribution is -2.30. The van der Waals surface area contributed by atoms with E-state index >= 15 is 0 Å². The molecule has 0 saturated carbocycles. The third-order valence-electron chi connectivity index (χ3n) is 10.3. The van der Waals surface area contributed by atoms with Crippen molar-refractivity contribution in [3.63, 3.8) is 0 Å². The van der Waals surface area contributed by atoms with Crippen LogP contribution in [0.1, 0.15) is 239 Å². The maximum atomic E-state index is 12.7. The van der Waals surface area contributed by atoms with Crippen molar-refractivity contribution >= 4 is 17.9 Å². The minimum absolute atomic E-state index is 0.0796. The third-order valence-corrected chi connectivity index (χ3v) is 10.3. The summed E-state index contributed by atoms with van der Waals surface area (Å²) in [6, 6.07) is 0. The summed E-state index contributed by atoms with van der Waals surface area (Å²) in [5, 5.41) is 0. The predicted octanol–water partition coefficient (Wildman–Crippen LogP) is 15.5. The highest BCUT2D eigenvalue weighted by molar-refractivity contribution is 5.71. The number of hydrogen-bond acceptors (Lipinski definition) is 6. The highest BCUT2D eigenvalue weighted by Gasteiger charge is 2.19. The van der Waals surface area contributed by atoms with E-state index in [-0.39, 0.29) is 31.1 Å². The van der Waals surface area contributed by atoms with Crippen molar-refractivity contribution in [2.45, 2.75) is 245 Å². The second kappa shape index (κ2) is 46.1.